The molecule has 4 heterocycles. The van der Waals surface area contributed by atoms with Crippen molar-refractivity contribution in [3.05, 3.63) is 47.9 Å². The summed E-state index contributed by atoms with van der Waals surface area (Å²) in [7, 11) is 0. The third kappa shape index (κ3) is 5.02. The van der Waals surface area contributed by atoms with E-state index in [2.05, 4.69) is 29.1 Å². The van der Waals surface area contributed by atoms with Crippen LogP contribution in [0.5, 0.6) is 0 Å². The van der Waals surface area contributed by atoms with Crippen molar-refractivity contribution in [1.29, 1.82) is 0 Å². The Bertz CT molecular complexity index is 928. The number of nitrogens with zero attached hydrogens (tertiary/aromatic N) is 4. The summed E-state index contributed by atoms with van der Waals surface area (Å²) in [4.78, 5) is 38.4. The molecular formula is C23H29N5O3. The largest absolute Gasteiger partial charge is 0.376 e. The first-order chi connectivity index (χ1) is 15.0. The molecule has 2 aromatic rings. The summed E-state index contributed by atoms with van der Waals surface area (Å²) >= 11 is 0. The van der Waals surface area contributed by atoms with Crippen LogP contribution in [-0.2, 0) is 16.1 Å². The molecule has 0 aliphatic carbocycles. The van der Waals surface area contributed by atoms with Gasteiger partial charge in [0.25, 0.3) is 5.91 Å². The number of pyridine rings is 2. The highest BCUT2D eigenvalue weighted by atomic mass is 16.5. The maximum Gasteiger partial charge on any atom is 0.255 e. The van der Waals surface area contributed by atoms with Crippen molar-refractivity contribution >= 4 is 23.3 Å². The Balaban J connectivity index is 1.59. The first-order valence-corrected chi connectivity index (χ1v) is 10.9. The van der Waals surface area contributed by atoms with Gasteiger partial charge in [-0.1, -0.05) is 19.9 Å². The average molecular weight is 424 g/mol. The zero-order chi connectivity index (χ0) is 21.8. The Kier molecular flexibility index (Phi) is 6.46. The number of amides is 2. The normalized spacial score (nSPS) is 18.1. The molecule has 164 valence electrons. The Morgan fingerprint density at radius 1 is 1.35 bits per heavy atom. The Hall–Kier alpha value is -3.00. The van der Waals surface area contributed by atoms with E-state index in [1.54, 1.807) is 28.3 Å². The van der Waals surface area contributed by atoms with Gasteiger partial charge in [0.15, 0.2) is 0 Å². The van der Waals surface area contributed by atoms with E-state index in [1.165, 1.54) is 0 Å². The molecule has 1 fully saturated rings. The van der Waals surface area contributed by atoms with E-state index in [-0.39, 0.29) is 24.5 Å². The van der Waals surface area contributed by atoms with Crippen molar-refractivity contribution in [3.63, 3.8) is 0 Å². The molecule has 0 radical (unpaired) electrons. The number of hydrogen-bond donors (Lipinski definition) is 1. The maximum absolute atomic E-state index is 13.4. The summed E-state index contributed by atoms with van der Waals surface area (Å²) in [5, 5.41) is 3.06. The van der Waals surface area contributed by atoms with Crippen LogP contribution in [0.3, 0.4) is 0 Å². The second-order valence-electron chi connectivity index (χ2n) is 8.49. The molecule has 2 aliphatic heterocycles. The average Bonchev–Trinajstić information content (AvgIpc) is 3.28. The van der Waals surface area contributed by atoms with Crippen LogP contribution in [0.15, 0.2) is 36.7 Å². The van der Waals surface area contributed by atoms with E-state index < -0.39 is 0 Å². The van der Waals surface area contributed by atoms with Crippen LogP contribution >= 0.6 is 0 Å². The number of aromatic nitrogens is 2. The lowest BCUT2D eigenvalue weighted by Crippen LogP contribution is -2.44. The van der Waals surface area contributed by atoms with Gasteiger partial charge in [-0.25, -0.2) is 4.98 Å². The summed E-state index contributed by atoms with van der Waals surface area (Å²) in [5.74, 6) is 0.762. The van der Waals surface area contributed by atoms with Gasteiger partial charge in [-0.3, -0.25) is 14.6 Å². The summed E-state index contributed by atoms with van der Waals surface area (Å²) in [5.41, 5.74) is 1.93. The van der Waals surface area contributed by atoms with Crippen molar-refractivity contribution in [2.24, 2.45) is 5.92 Å². The van der Waals surface area contributed by atoms with Crippen molar-refractivity contribution < 1.29 is 14.3 Å². The second-order valence-corrected chi connectivity index (χ2v) is 8.49. The van der Waals surface area contributed by atoms with Gasteiger partial charge in [0.2, 0.25) is 5.91 Å². The molecule has 0 bridgehead atoms. The van der Waals surface area contributed by atoms with Crippen LogP contribution < -0.4 is 10.2 Å². The minimum Gasteiger partial charge on any atom is -0.376 e. The molecule has 1 atom stereocenters. The van der Waals surface area contributed by atoms with Gasteiger partial charge in [-0.05, 0) is 37.0 Å². The molecule has 31 heavy (non-hydrogen) atoms. The summed E-state index contributed by atoms with van der Waals surface area (Å²) < 4.78 is 5.73. The van der Waals surface area contributed by atoms with Gasteiger partial charge < -0.3 is 19.9 Å². The van der Waals surface area contributed by atoms with Gasteiger partial charge in [-0.2, -0.15) is 0 Å². The second kappa shape index (κ2) is 9.43. The monoisotopic (exact) mass is 423 g/mol. The van der Waals surface area contributed by atoms with Crippen molar-refractivity contribution in [1.82, 2.24) is 14.9 Å². The van der Waals surface area contributed by atoms with E-state index in [9.17, 15) is 9.59 Å². The van der Waals surface area contributed by atoms with Gasteiger partial charge in [0, 0.05) is 25.5 Å². The molecule has 8 heteroatoms. The quantitative estimate of drug-likeness (QED) is 0.737. The van der Waals surface area contributed by atoms with E-state index in [1.807, 2.05) is 18.2 Å². The molecule has 2 aromatic heterocycles. The molecule has 0 saturated carbocycles. The lowest BCUT2D eigenvalue weighted by molar-refractivity contribution is -0.117. The zero-order valence-electron chi connectivity index (χ0n) is 18.1. The van der Waals surface area contributed by atoms with Crippen molar-refractivity contribution in [2.45, 2.75) is 39.3 Å². The van der Waals surface area contributed by atoms with Crippen LogP contribution in [0.1, 0.15) is 42.7 Å². The third-order valence-corrected chi connectivity index (χ3v) is 5.48. The highest BCUT2D eigenvalue weighted by molar-refractivity contribution is 6.04. The standard InChI is InChI=1S/C23H29N5O3/c1-16(2)13-27(14-18-6-3-4-8-24-18)23(30)17-10-20-22(25-11-17)26-12-21(29)28(20)15-19-7-5-9-31-19/h3-4,6,8,10-11,16,19H,5,7,9,12-15H2,1-2H3,(H,25,26). The molecule has 4 rings (SSSR count). The zero-order valence-corrected chi connectivity index (χ0v) is 18.1. The van der Waals surface area contributed by atoms with E-state index in [0.29, 0.717) is 42.6 Å². The first kappa shape index (κ1) is 21.2. The molecule has 1 N–H and O–H groups in total. The van der Waals surface area contributed by atoms with Gasteiger partial charge >= 0.3 is 0 Å². The van der Waals surface area contributed by atoms with Crippen LogP contribution in [0.4, 0.5) is 11.5 Å². The van der Waals surface area contributed by atoms with Crippen LogP contribution in [-0.4, -0.2) is 59.0 Å². The SMILES string of the molecule is CC(C)CN(Cc1ccccn1)C(=O)c1cnc2c(c1)N(CC1CCCO1)C(=O)CN2. The number of carbonyl (C=O) groups excluding carboxylic acids is 2. The summed E-state index contributed by atoms with van der Waals surface area (Å²) in [6, 6.07) is 7.46. The fraction of sp³-hybridized carbons (Fsp3) is 0.478. The van der Waals surface area contributed by atoms with E-state index in [0.717, 1.165) is 25.1 Å². The highest BCUT2D eigenvalue weighted by Gasteiger charge is 2.30. The lowest BCUT2D eigenvalue weighted by atomic mass is 10.1. The predicted molar refractivity (Wildman–Crippen MR) is 118 cm³/mol. The number of hydrogen-bond acceptors (Lipinski definition) is 6. The molecular weight excluding hydrogens is 394 g/mol. The molecule has 2 aliphatic rings. The van der Waals surface area contributed by atoms with Gasteiger partial charge in [0.05, 0.1) is 42.7 Å². The van der Waals surface area contributed by atoms with E-state index >= 15 is 0 Å². The fourth-order valence-corrected chi connectivity index (χ4v) is 4.02. The predicted octanol–water partition coefficient (Wildman–Crippen LogP) is 2.71. The number of nitrogens with one attached hydrogen (secondary N) is 1. The van der Waals surface area contributed by atoms with Crippen molar-refractivity contribution in [2.75, 3.05) is 36.5 Å². The molecule has 0 spiro atoms. The fourth-order valence-electron chi connectivity index (χ4n) is 4.02. The number of fused-ring (bicyclic) bond motifs is 1. The Morgan fingerprint density at radius 2 is 2.23 bits per heavy atom. The number of carbonyl (C=O) groups is 2. The molecule has 8 nitrogen and oxygen atoms in total. The van der Waals surface area contributed by atoms with Crippen molar-refractivity contribution in [3.8, 4) is 0 Å². The summed E-state index contributed by atoms with van der Waals surface area (Å²) in [6.07, 6.45) is 5.28. The van der Waals surface area contributed by atoms with Crippen LogP contribution in [0, 0.1) is 5.92 Å². The number of rotatable bonds is 7. The number of anilines is 2. The maximum atomic E-state index is 13.4. The van der Waals surface area contributed by atoms with E-state index in [4.69, 9.17) is 4.74 Å². The molecule has 0 aromatic carbocycles. The number of ether oxygens (including phenoxy) is 1. The van der Waals surface area contributed by atoms with Crippen LogP contribution in [0.2, 0.25) is 0 Å². The molecule has 2 amide bonds. The smallest absolute Gasteiger partial charge is 0.255 e. The third-order valence-electron chi connectivity index (χ3n) is 5.48. The highest BCUT2D eigenvalue weighted by Crippen LogP contribution is 2.30. The Morgan fingerprint density at radius 3 is 2.94 bits per heavy atom. The topological polar surface area (TPSA) is 87.7 Å². The minimum absolute atomic E-state index is 0.0239. The molecule has 1 unspecified atom stereocenters. The first-order valence-electron chi connectivity index (χ1n) is 10.9. The van der Waals surface area contributed by atoms with Gasteiger partial charge in [0.1, 0.15) is 5.82 Å². The van der Waals surface area contributed by atoms with Gasteiger partial charge in [-0.15, -0.1) is 0 Å². The lowest BCUT2D eigenvalue weighted by Gasteiger charge is -2.32. The van der Waals surface area contributed by atoms with Crippen LogP contribution in [0.25, 0.3) is 0 Å². The summed E-state index contributed by atoms with van der Waals surface area (Å²) in [6.45, 7) is 6.59. The minimum atomic E-state index is -0.121. The molecule has 1 saturated heterocycles. The Labute approximate surface area is 182 Å².